The molecular weight excluding hydrogens is 277 g/mol. The van der Waals surface area contributed by atoms with E-state index in [4.69, 9.17) is 17.3 Å². The van der Waals surface area contributed by atoms with Gasteiger partial charge in [-0.2, -0.15) is 0 Å². The fraction of sp³-hybridized carbons (Fsp3) is 0.500. The van der Waals surface area contributed by atoms with Crippen LogP contribution in [0.25, 0.3) is 0 Å². The topological polar surface area (TPSA) is 60.2 Å². The van der Waals surface area contributed by atoms with Gasteiger partial charge in [0.25, 0.3) is 0 Å². The first-order valence-corrected chi connectivity index (χ1v) is 7.97. The van der Waals surface area contributed by atoms with Gasteiger partial charge in [0.2, 0.25) is 0 Å². The molecule has 0 heterocycles. The summed E-state index contributed by atoms with van der Waals surface area (Å²) in [6.45, 7) is 1.61. The Morgan fingerprint density at radius 2 is 2.11 bits per heavy atom. The molecule has 0 aliphatic carbocycles. The van der Waals surface area contributed by atoms with E-state index < -0.39 is 21.7 Å². The van der Waals surface area contributed by atoms with Gasteiger partial charge in [0.1, 0.15) is 15.7 Å². The predicted molar refractivity (Wildman–Crippen MR) is 71.9 cm³/mol. The molecule has 0 radical (unpaired) electrons. The number of nitrogens with two attached hydrogens (primary N) is 1. The summed E-state index contributed by atoms with van der Waals surface area (Å²) >= 11 is 5.81. The van der Waals surface area contributed by atoms with Gasteiger partial charge in [0, 0.05) is 11.8 Å². The minimum atomic E-state index is -2.98. The quantitative estimate of drug-likeness (QED) is 0.877. The van der Waals surface area contributed by atoms with Crippen LogP contribution in [0.5, 0.6) is 0 Å². The third kappa shape index (κ3) is 4.23. The molecule has 1 atom stereocenters. The van der Waals surface area contributed by atoms with Crippen LogP contribution >= 0.6 is 11.6 Å². The summed E-state index contributed by atoms with van der Waals surface area (Å²) in [4.78, 5) is 0. The first kappa shape index (κ1) is 15.4. The van der Waals surface area contributed by atoms with Crippen LogP contribution in [0.15, 0.2) is 18.2 Å². The molecule has 0 aromatic heterocycles. The lowest BCUT2D eigenvalue weighted by molar-refractivity contribution is 0.580. The van der Waals surface area contributed by atoms with Gasteiger partial charge >= 0.3 is 0 Å². The summed E-state index contributed by atoms with van der Waals surface area (Å²) < 4.78 is 35.8. The number of hydrogen-bond donors (Lipinski definition) is 1. The van der Waals surface area contributed by atoms with Crippen molar-refractivity contribution in [3.05, 3.63) is 34.6 Å². The molecule has 1 aromatic rings. The van der Waals surface area contributed by atoms with E-state index in [1.807, 2.05) is 0 Å². The molecule has 6 heteroatoms. The zero-order valence-electron chi connectivity index (χ0n) is 10.2. The van der Waals surface area contributed by atoms with Crippen LogP contribution in [-0.4, -0.2) is 19.9 Å². The predicted octanol–water partition coefficient (Wildman–Crippen LogP) is 2.69. The minimum Gasteiger partial charge on any atom is -0.324 e. The summed E-state index contributed by atoms with van der Waals surface area (Å²) in [5.41, 5.74) is 6.41. The Morgan fingerprint density at radius 3 is 2.72 bits per heavy atom. The molecule has 0 bridgehead atoms. The second-order valence-electron chi connectivity index (χ2n) is 4.13. The smallest absolute Gasteiger partial charge is 0.150 e. The Balaban J connectivity index is 2.61. The average Bonchev–Trinajstić information content (AvgIpc) is 2.32. The van der Waals surface area contributed by atoms with Crippen LogP contribution in [0.2, 0.25) is 5.02 Å². The lowest BCUT2D eigenvalue weighted by atomic mass is 10.0. The van der Waals surface area contributed by atoms with Crippen molar-refractivity contribution < 1.29 is 12.8 Å². The van der Waals surface area contributed by atoms with Gasteiger partial charge in [0.15, 0.2) is 0 Å². The lowest BCUT2D eigenvalue weighted by Gasteiger charge is -2.13. The number of hydrogen-bond acceptors (Lipinski definition) is 3. The monoisotopic (exact) mass is 293 g/mol. The molecule has 3 nitrogen and oxygen atoms in total. The van der Waals surface area contributed by atoms with Gasteiger partial charge < -0.3 is 5.73 Å². The Bertz CT molecular complexity index is 505. The Hall–Kier alpha value is -0.650. The van der Waals surface area contributed by atoms with Crippen LogP contribution in [0.3, 0.4) is 0 Å². The summed E-state index contributed by atoms with van der Waals surface area (Å²) in [7, 11) is -2.98. The highest BCUT2D eigenvalue weighted by atomic mass is 35.5. The van der Waals surface area contributed by atoms with Crippen LogP contribution < -0.4 is 5.73 Å². The van der Waals surface area contributed by atoms with E-state index in [0.717, 1.165) is 0 Å². The molecule has 18 heavy (non-hydrogen) atoms. The van der Waals surface area contributed by atoms with E-state index in [2.05, 4.69) is 0 Å². The molecule has 1 aromatic carbocycles. The van der Waals surface area contributed by atoms with E-state index in [1.165, 1.54) is 6.07 Å². The summed E-state index contributed by atoms with van der Waals surface area (Å²) in [6, 6.07) is 4.02. The second-order valence-corrected chi connectivity index (χ2v) is 6.98. The van der Waals surface area contributed by atoms with Gasteiger partial charge in [-0.3, -0.25) is 0 Å². The molecule has 0 saturated carbocycles. The van der Waals surface area contributed by atoms with Crippen LogP contribution in [0.1, 0.15) is 31.4 Å². The summed E-state index contributed by atoms with van der Waals surface area (Å²) in [5, 5.41) is 0.0170. The Morgan fingerprint density at radius 1 is 1.44 bits per heavy atom. The van der Waals surface area contributed by atoms with Crippen molar-refractivity contribution in [2.45, 2.75) is 25.8 Å². The first-order chi connectivity index (χ1) is 8.37. The number of sulfone groups is 1. The normalized spacial score (nSPS) is 13.6. The van der Waals surface area contributed by atoms with Crippen LogP contribution in [0, 0.1) is 5.82 Å². The van der Waals surface area contributed by atoms with Crippen molar-refractivity contribution in [3.8, 4) is 0 Å². The molecular formula is C12H17ClFNO2S. The number of benzene rings is 1. The zero-order chi connectivity index (χ0) is 13.8. The highest BCUT2D eigenvalue weighted by Gasteiger charge is 2.14. The zero-order valence-corrected chi connectivity index (χ0v) is 11.8. The van der Waals surface area contributed by atoms with Crippen molar-refractivity contribution in [1.29, 1.82) is 0 Å². The van der Waals surface area contributed by atoms with Crippen LogP contribution in [-0.2, 0) is 9.84 Å². The Kier molecular flexibility index (Phi) is 5.56. The van der Waals surface area contributed by atoms with Crippen molar-refractivity contribution >= 4 is 21.4 Å². The molecule has 1 rings (SSSR count). The summed E-state index contributed by atoms with van der Waals surface area (Å²) in [5.74, 6) is -0.279. The third-order valence-electron chi connectivity index (χ3n) is 2.79. The molecule has 0 spiro atoms. The number of rotatable bonds is 6. The maximum Gasteiger partial charge on any atom is 0.150 e. The van der Waals surface area contributed by atoms with Gasteiger partial charge in [-0.25, -0.2) is 12.8 Å². The van der Waals surface area contributed by atoms with E-state index in [9.17, 15) is 12.8 Å². The molecule has 0 fully saturated rings. The molecule has 0 aliphatic rings. The van der Waals surface area contributed by atoms with Crippen molar-refractivity contribution in [2.24, 2.45) is 5.73 Å². The molecule has 102 valence electrons. The Labute approximate surface area is 112 Å². The highest BCUT2D eigenvalue weighted by Crippen LogP contribution is 2.26. The van der Waals surface area contributed by atoms with E-state index in [1.54, 1.807) is 19.1 Å². The first-order valence-electron chi connectivity index (χ1n) is 5.77. The molecule has 1 unspecified atom stereocenters. The second kappa shape index (κ2) is 6.50. The van der Waals surface area contributed by atoms with Gasteiger partial charge in [-0.15, -0.1) is 0 Å². The fourth-order valence-corrected chi connectivity index (χ4v) is 2.79. The van der Waals surface area contributed by atoms with Gasteiger partial charge in [0.05, 0.1) is 10.8 Å². The van der Waals surface area contributed by atoms with Crippen molar-refractivity contribution in [2.75, 3.05) is 11.5 Å². The maximum atomic E-state index is 13.2. The van der Waals surface area contributed by atoms with E-state index >= 15 is 0 Å². The average molecular weight is 294 g/mol. The molecule has 2 N–H and O–H groups in total. The summed E-state index contributed by atoms with van der Waals surface area (Å²) in [6.07, 6.45) is 0.909. The molecule has 0 saturated heterocycles. The maximum absolute atomic E-state index is 13.2. The highest BCUT2D eigenvalue weighted by molar-refractivity contribution is 7.91. The van der Waals surface area contributed by atoms with Crippen molar-refractivity contribution in [1.82, 2.24) is 0 Å². The van der Waals surface area contributed by atoms with Gasteiger partial charge in [-0.1, -0.05) is 30.7 Å². The SMILES string of the molecule is CCS(=O)(=O)CCCC(N)c1cccc(F)c1Cl. The van der Waals surface area contributed by atoms with Crippen molar-refractivity contribution in [3.63, 3.8) is 0 Å². The molecule has 0 amide bonds. The van der Waals surface area contributed by atoms with E-state index in [0.29, 0.717) is 18.4 Å². The fourth-order valence-electron chi connectivity index (χ4n) is 1.63. The largest absolute Gasteiger partial charge is 0.324 e. The lowest BCUT2D eigenvalue weighted by Crippen LogP contribution is -2.15. The number of halogens is 2. The van der Waals surface area contributed by atoms with Crippen LogP contribution in [0.4, 0.5) is 4.39 Å². The van der Waals surface area contributed by atoms with Gasteiger partial charge in [-0.05, 0) is 24.5 Å². The minimum absolute atomic E-state index is 0.0170. The molecule has 0 aliphatic heterocycles. The standard InChI is InChI=1S/C12H17ClFNO2S/c1-2-18(16,17)8-4-7-11(15)9-5-3-6-10(14)12(9)13/h3,5-6,11H,2,4,7-8,15H2,1H3. The third-order valence-corrected chi connectivity index (χ3v) is 4.98. The van der Waals surface area contributed by atoms with E-state index in [-0.39, 0.29) is 16.5 Å².